The van der Waals surface area contributed by atoms with Gasteiger partial charge in [-0.3, -0.25) is 0 Å². The zero-order chi connectivity index (χ0) is 22.4. The zero-order valence-corrected chi connectivity index (χ0v) is 24.8. The summed E-state index contributed by atoms with van der Waals surface area (Å²) in [5.41, 5.74) is 0. The van der Waals surface area contributed by atoms with Crippen LogP contribution in [0.1, 0.15) is 97.3 Å². The van der Waals surface area contributed by atoms with E-state index in [2.05, 4.69) is 54.0 Å². The van der Waals surface area contributed by atoms with Crippen LogP contribution in [0.4, 0.5) is 0 Å². The van der Waals surface area contributed by atoms with Crippen LogP contribution in [0, 0.1) is 0 Å². The fourth-order valence-electron chi connectivity index (χ4n) is 3.69. The molecule has 0 saturated carbocycles. The van der Waals surface area contributed by atoms with E-state index in [9.17, 15) is 9.59 Å². The second-order valence-corrected chi connectivity index (χ2v) is 17.1. The molecule has 8 heteroatoms. The third-order valence-electron chi connectivity index (χ3n) is 5.47. The van der Waals surface area contributed by atoms with Gasteiger partial charge in [-0.25, -0.2) is 0 Å². The van der Waals surface area contributed by atoms with E-state index in [1.54, 1.807) is 0 Å². The molecule has 0 aromatic rings. The number of halogens is 2. The fraction of sp³-hybridized carbons (Fsp3) is 0.750. The summed E-state index contributed by atoms with van der Waals surface area (Å²) < 4.78 is 7.92. The largest absolute Gasteiger partial charge is 1.00 e. The molecule has 0 unspecified atom stereocenters. The second-order valence-electron chi connectivity index (χ2n) is 9.45. The van der Waals surface area contributed by atoms with E-state index in [0.29, 0.717) is 12.8 Å². The normalized spacial score (nSPS) is 12.8. The van der Waals surface area contributed by atoms with Crippen molar-refractivity contribution in [1.29, 1.82) is 0 Å². The van der Waals surface area contributed by atoms with Gasteiger partial charge in [-0.15, -0.1) is 0 Å². The van der Waals surface area contributed by atoms with Crippen LogP contribution >= 0.6 is 0 Å². The van der Waals surface area contributed by atoms with Gasteiger partial charge >= 0.3 is 192 Å². The molecule has 186 valence electrons. The number of hydrogen-bond donors (Lipinski definition) is 2. The minimum atomic E-state index is -2.12. The summed E-state index contributed by atoms with van der Waals surface area (Å²) in [5.74, 6) is 0.230. The Kier molecular flexibility index (Phi) is 20.3. The maximum atomic E-state index is 12.7. The Morgan fingerprint density at radius 1 is 0.812 bits per heavy atom. The molecule has 0 heterocycles. The summed E-state index contributed by atoms with van der Waals surface area (Å²) in [5, 5.41) is 1.42. The molecule has 0 aromatic carbocycles. The molecule has 2 N–H and O–H groups in total. The van der Waals surface area contributed by atoms with Crippen LogP contribution in [0.3, 0.4) is 0 Å². The first-order chi connectivity index (χ1) is 14.3. The van der Waals surface area contributed by atoms with Gasteiger partial charge in [0, 0.05) is 0 Å². The van der Waals surface area contributed by atoms with Crippen LogP contribution in [0.25, 0.3) is 0 Å². The van der Waals surface area contributed by atoms with Gasteiger partial charge in [-0.1, -0.05) is 0 Å². The minimum Gasteiger partial charge on any atom is -1.00 e. The molecule has 0 fully saturated rings. The van der Waals surface area contributed by atoms with Gasteiger partial charge in [0.15, 0.2) is 0 Å². The van der Waals surface area contributed by atoms with Crippen molar-refractivity contribution in [2.24, 2.45) is 0 Å². The Morgan fingerprint density at radius 3 is 1.66 bits per heavy atom. The standard InChI is InChI=1S/2C8H17NO.C8H13Si.2ClH.V/c2*1-2-3-4-5-6-7-8(9)10;1-9(2,3)8-6-4-5-7-8;;;/h2*2-7H2,1H3,(H2,9,10);4,6H,5H2,1-3H3;2*1H;/q;;;;;+4/p-4. The first-order valence-electron chi connectivity index (χ1n) is 12.1. The van der Waals surface area contributed by atoms with Gasteiger partial charge in [0.1, 0.15) is 0 Å². The van der Waals surface area contributed by atoms with E-state index in [0.717, 1.165) is 32.1 Å². The Morgan fingerprint density at radius 2 is 1.25 bits per heavy atom. The van der Waals surface area contributed by atoms with Gasteiger partial charge in [0.25, 0.3) is 0 Å². The van der Waals surface area contributed by atoms with E-state index in [1.165, 1.54) is 48.0 Å². The maximum absolute atomic E-state index is 12.7. The number of nitrogens with one attached hydrogen (secondary N) is 2. The monoisotopic (exact) mass is 542 g/mol. The van der Waals surface area contributed by atoms with Crippen molar-refractivity contribution in [1.82, 2.24) is 8.33 Å². The number of amides is 2. The van der Waals surface area contributed by atoms with Crippen molar-refractivity contribution in [3.63, 3.8) is 0 Å². The van der Waals surface area contributed by atoms with Crippen LogP contribution < -0.4 is 33.1 Å². The van der Waals surface area contributed by atoms with Crippen molar-refractivity contribution in [3.8, 4) is 0 Å². The predicted molar refractivity (Wildman–Crippen MR) is 127 cm³/mol. The SMILES string of the molecule is CCCCCCCC(=O)[NH][V+2]([NH]C(=O)CCCCCCC)[C]1=C([Si](C)(C)C)C=CC1.[Cl-].[Cl-]. The van der Waals surface area contributed by atoms with Crippen molar-refractivity contribution >= 4 is 19.9 Å². The average molecular weight is 544 g/mol. The number of unbranched alkanes of at least 4 members (excludes halogenated alkanes) is 8. The smallest absolute Gasteiger partial charge is 1.00 e. The maximum Gasteiger partial charge on any atom is -1.00 e. The summed E-state index contributed by atoms with van der Waals surface area (Å²) in [6.07, 6.45) is 17.9. The molecule has 0 spiro atoms. The van der Waals surface area contributed by atoms with Gasteiger partial charge in [-0.05, 0) is 0 Å². The summed E-state index contributed by atoms with van der Waals surface area (Å²) in [4.78, 5) is 25.3. The van der Waals surface area contributed by atoms with E-state index in [4.69, 9.17) is 0 Å². The van der Waals surface area contributed by atoms with Crippen LogP contribution in [-0.2, 0) is 25.2 Å². The van der Waals surface area contributed by atoms with Gasteiger partial charge in [0.2, 0.25) is 0 Å². The Labute approximate surface area is 216 Å². The summed E-state index contributed by atoms with van der Waals surface area (Å²) in [7, 11) is -1.51. The quantitative estimate of drug-likeness (QED) is 0.220. The Balaban J connectivity index is 0. The van der Waals surface area contributed by atoms with Crippen LogP contribution in [0.2, 0.25) is 19.6 Å². The molecule has 4 nitrogen and oxygen atoms in total. The molecule has 0 aromatic heterocycles. The zero-order valence-electron chi connectivity index (χ0n) is 20.9. The number of rotatable bonds is 16. The van der Waals surface area contributed by atoms with Crippen LogP contribution in [0.5, 0.6) is 0 Å². The predicted octanol–water partition coefficient (Wildman–Crippen LogP) is 0.487. The second kappa shape index (κ2) is 19.1. The molecule has 2 amide bonds. The van der Waals surface area contributed by atoms with Crippen LogP contribution in [-0.4, -0.2) is 19.9 Å². The van der Waals surface area contributed by atoms with E-state index in [-0.39, 0.29) is 36.6 Å². The molecule has 0 saturated heterocycles. The average Bonchev–Trinajstić information content (AvgIpc) is 3.17. The molecule has 0 radical (unpaired) electrons. The van der Waals surface area contributed by atoms with Crippen molar-refractivity contribution in [2.75, 3.05) is 0 Å². The molecule has 1 aliphatic carbocycles. The molecule has 1 aliphatic rings. The summed E-state index contributed by atoms with van der Waals surface area (Å²) >= 11 is -2.12. The number of carbonyl (C=O) groups excluding carboxylic acids is 2. The molecule has 0 atom stereocenters. The number of allylic oxidation sites excluding steroid dienone is 4. The topological polar surface area (TPSA) is 58.2 Å². The summed E-state index contributed by atoms with van der Waals surface area (Å²) in [6.45, 7) is 11.4. The molecular formula is C24H45Cl2N2O2SiV. The Hall–Kier alpha value is -0.199. The van der Waals surface area contributed by atoms with Gasteiger partial charge < -0.3 is 24.8 Å². The Bertz CT molecular complexity index is 579. The van der Waals surface area contributed by atoms with E-state index in [1.807, 2.05) is 0 Å². The van der Waals surface area contributed by atoms with Crippen molar-refractivity contribution in [3.05, 3.63) is 21.6 Å². The van der Waals surface area contributed by atoms with Crippen LogP contribution in [0.15, 0.2) is 21.6 Å². The third-order valence-corrected chi connectivity index (χ3v) is 10.9. The molecule has 32 heavy (non-hydrogen) atoms. The van der Waals surface area contributed by atoms with Gasteiger partial charge in [-0.2, -0.15) is 0 Å². The third kappa shape index (κ3) is 14.1. The van der Waals surface area contributed by atoms with Crippen molar-refractivity contribution in [2.45, 2.75) is 117 Å². The molecule has 0 bridgehead atoms. The molecule has 0 aliphatic heterocycles. The number of carbonyl (C=O) groups is 2. The first kappa shape index (κ1) is 34.0. The first-order valence-corrected chi connectivity index (χ1v) is 17.7. The van der Waals surface area contributed by atoms with E-state index < -0.39 is 23.7 Å². The fourth-order valence-corrected chi connectivity index (χ4v) is 9.89. The number of hydrogen-bond acceptors (Lipinski definition) is 2. The van der Waals surface area contributed by atoms with E-state index >= 15 is 0 Å². The summed E-state index contributed by atoms with van der Waals surface area (Å²) in [6, 6.07) is 0. The van der Waals surface area contributed by atoms with Crippen molar-refractivity contribution < 1.29 is 50.0 Å². The van der Waals surface area contributed by atoms with Gasteiger partial charge in [0.05, 0.1) is 0 Å². The minimum absolute atomic E-state index is 0. The molecule has 1 rings (SSSR count). The molecular weight excluding hydrogens is 498 g/mol.